The summed E-state index contributed by atoms with van der Waals surface area (Å²) in [6.07, 6.45) is -4.94. The number of nitrogens with two attached hydrogens (primary N) is 1. The molecule has 4 atom stereocenters. The average molecular weight is 350 g/mol. The van der Waals surface area contributed by atoms with Crippen molar-refractivity contribution in [1.29, 1.82) is 0 Å². The third kappa shape index (κ3) is 3.03. The lowest BCUT2D eigenvalue weighted by Gasteiger charge is -2.15. The third-order valence-corrected chi connectivity index (χ3v) is 4.21. The molecule has 3 rings (SSSR count). The molecule has 126 valence electrons. The first-order valence-electron chi connectivity index (χ1n) is 6.95. The fourth-order valence-electron chi connectivity index (χ4n) is 2.27. The second kappa shape index (κ2) is 6.68. The minimum atomic E-state index is -1.40. The molecular formula is C14H14N4O5S. The van der Waals surface area contributed by atoms with Gasteiger partial charge in [0.25, 0.3) is 5.91 Å². The van der Waals surface area contributed by atoms with Gasteiger partial charge in [-0.25, -0.2) is 4.68 Å². The SMILES string of the molecule is NC(=O)c1nc(C#Cc2cccs2)nn1[C@@H]1O[C@H](CO)[C@@H](O)[C@H]1O. The normalized spacial score (nSPS) is 26.1. The van der Waals surface area contributed by atoms with Gasteiger partial charge in [-0.2, -0.15) is 4.98 Å². The van der Waals surface area contributed by atoms with E-state index in [0.717, 1.165) is 9.56 Å². The summed E-state index contributed by atoms with van der Waals surface area (Å²) in [4.78, 5) is 16.3. The number of hydrogen-bond acceptors (Lipinski definition) is 8. The van der Waals surface area contributed by atoms with Crippen LogP contribution in [-0.4, -0.2) is 60.9 Å². The molecule has 2 aromatic rings. The van der Waals surface area contributed by atoms with E-state index in [1.54, 1.807) is 0 Å². The summed E-state index contributed by atoms with van der Waals surface area (Å²) in [6.45, 7) is -0.500. The number of amides is 1. The number of rotatable bonds is 3. The molecule has 1 saturated heterocycles. The number of ether oxygens (including phenoxy) is 1. The van der Waals surface area contributed by atoms with Gasteiger partial charge in [0.15, 0.2) is 6.23 Å². The van der Waals surface area contributed by atoms with Crippen LogP contribution >= 0.6 is 11.3 Å². The first kappa shape index (κ1) is 16.6. The molecule has 1 aliphatic rings. The van der Waals surface area contributed by atoms with Crippen LogP contribution in [0.2, 0.25) is 0 Å². The van der Waals surface area contributed by atoms with Gasteiger partial charge >= 0.3 is 0 Å². The largest absolute Gasteiger partial charge is 0.394 e. The number of nitrogens with zero attached hydrogens (tertiary/aromatic N) is 3. The van der Waals surface area contributed by atoms with E-state index in [2.05, 4.69) is 21.9 Å². The second-order valence-electron chi connectivity index (χ2n) is 5.02. The van der Waals surface area contributed by atoms with Crippen molar-refractivity contribution in [2.24, 2.45) is 5.73 Å². The topological polar surface area (TPSA) is 144 Å². The maximum absolute atomic E-state index is 11.6. The van der Waals surface area contributed by atoms with Gasteiger partial charge in [0.2, 0.25) is 11.6 Å². The molecule has 1 aliphatic heterocycles. The van der Waals surface area contributed by atoms with Gasteiger partial charge in [0.05, 0.1) is 11.5 Å². The molecule has 0 spiro atoms. The van der Waals surface area contributed by atoms with Gasteiger partial charge in [-0.15, -0.1) is 16.4 Å². The van der Waals surface area contributed by atoms with Gasteiger partial charge in [-0.1, -0.05) is 6.07 Å². The highest BCUT2D eigenvalue weighted by molar-refractivity contribution is 7.10. The Morgan fingerprint density at radius 1 is 1.42 bits per heavy atom. The van der Waals surface area contributed by atoms with Crippen LogP contribution < -0.4 is 5.73 Å². The summed E-state index contributed by atoms with van der Waals surface area (Å²) in [6, 6.07) is 3.66. The van der Waals surface area contributed by atoms with E-state index in [1.807, 2.05) is 17.5 Å². The number of thiophene rings is 1. The summed E-state index contributed by atoms with van der Waals surface area (Å²) in [5.74, 6) is 4.41. The zero-order valence-electron chi connectivity index (χ0n) is 12.2. The molecule has 10 heteroatoms. The maximum atomic E-state index is 11.6. The zero-order valence-corrected chi connectivity index (χ0v) is 13.1. The Labute approximate surface area is 140 Å². The van der Waals surface area contributed by atoms with Gasteiger partial charge in [-0.3, -0.25) is 4.79 Å². The van der Waals surface area contributed by atoms with E-state index in [0.29, 0.717) is 0 Å². The van der Waals surface area contributed by atoms with Crippen LogP contribution in [0.15, 0.2) is 17.5 Å². The lowest BCUT2D eigenvalue weighted by Crippen LogP contribution is -2.34. The Bertz CT molecular complexity index is 794. The number of aliphatic hydroxyl groups is 3. The molecule has 9 nitrogen and oxygen atoms in total. The van der Waals surface area contributed by atoms with Crippen molar-refractivity contribution in [2.75, 3.05) is 6.61 Å². The van der Waals surface area contributed by atoms with Gasteiger partial charge in [0.1, 0.15) is 18.3 Å². The first-order chi connectivity index (χ1) is 11.5. The van der Waals surface area contributed by atoms with Gasteiger partial charge in [0, 0.05) is 0 Å². The van der Waals surface area contributed by atoms with E-state index < -0.39 is 37.1 Å². The van der Waals surface area contributed by atoms with E-state index in [1.165, 1.54) is 11.3 Å². The van der Waals surface area contributed by atoms with Crippen molar-refractivity contribution in [3.05, 3.63) is 34.0 Å². The predicted octanol–water partition coefficient (Wildman–Crippen LogP) is -1.55. The summed E-state index contributed by atoms with van der Waals surface area (Å²) < 4.78 is 6.31. The van der Waals surface area contributed by atoms with Crippen molar-refractivity contribution >= 4 is 17.2 Å². The van der Waals surface area contributed by atoms with E-state index in [-0.39, 0.29) is 11.6 Å². The molecule has 0 bridgehead atoms. The van der Waals surface area contributed by atoms with Gasteiger partial charge in [-0.05, 0) is 23.3 Å². The second-order valence-corrected chi connectivity index (χ2v) is 5.97. The molecule has 1 amide bonds. The number of carbonyl (C=O) groups excluding carboxylic acids is 1. The quantitative estimate of drug-likeness (QED) is 0.491. The molecule has 24 heavy (non-hydrogen) atoms. The smallest absolute Gasteiger partial charge is 0.286 e. The number of aliphatic hydroxyl groups excluding tert-OH is 3. The number of aromatic nitrogens is 3. The van der Waals surface area contributed by atoms with Crippen molar-refractivity contribution in [1.82, 2.24) is 14.8 Å². The Morgan fingerprint density at radius 2 is 2.21 bits per heavy atom. The highest BCUT2D eigenvalue weighted by Gasteiger charge is 2.45. The first-order valence-corrected chi connectivity index (χ1v) is 7.83. The van der Waals surface area contributed by atoms with Crippen LogP contribution in [-0.2, 0) is 4.74 Å². The van der Waals surface area contributed by atoms with Crippen LogP contribution in [0, 0.1) is 11.8 Å². The van der Waals surface area contributed by atoms with E-state index >= 15 is 0 Å². The van der Waals surface area contributed by atoms with Crippen molar-refractivity contribution in [2.45, 2.75) is 24.5 Å². The van der Waals surface area contributed by atoms with E-state index in [9.17, 15) is 15.0 Å². The molecule has 0 saturated carbocycles. The maximum Gasteiger partial charge on any atom is 0.286 e. The van der Waals surface area contributed by atoms with Gasteiger partial charge < -0.3 is 25.8 Å². The van der Waals surface area contributed by atoms with Crippen molar-refractivity contribution < 1.29 is 24.9 Å². The molecule has 0 aromatic carbocycles. The minimum absolute atomic E-state index is 0.0231. The molecular weight excluding hydrogens is 336 g/mol. The van der Waals surface area contributed by atoms with Crippen LogP contribution in [0.25, 0.3) is 0 Å². The minimum Gasteiger partial charge on any atom is -0.394 e. The average Bonchev–Trinajstić information content (AvgIpc) is 3.26. The molecule has 0 unspecified atom stereocenters. The van der Waals surface area contributed by atoms with E-state index in [4.69, 9.17) is 15.6 Å². The lowest BCUT2D eigenvalue weighted by atomic mass is 10.1. The lowest BCUT2D eigenvalue weighted by molar-refractivity contribution is -0.0595. The Balaban J connectivity index is 1.94. The summed E-state index contributed by atoms with van der Waals surface area (Å²) in [5, 5.41) is 34.9. The predicted molar refractivity (Wildman–Crippen MR) is 81.8 cm³/mol. The summed E-state index contributed by atoms with van der Waals surface area (Å²) in [5.41, 5.74) is 5.28. The monoisotopic (exact) mass is 350 g/mol. The van der Waals surface area contributed by atoms with Crippen LogP contribution in [0.1, 0.15) is 27.5 Å². The summed E-state index contributed by atoms with van der Waals surface area (Å²) in [7, 11) is 0. The molecule has 3 heterocycles. The molecule has 2 aromatic heterocycles. The Kier molecular flexibility index (Phi) is 4.61. The van der Waals surface area contributed by atoms with Crippen molar-refractivity contribution in [3.63, 3.8) is 0 Å². The highest BCUT2D eigenvalue weighted by atomic mass is 32.1. The fraction of sp³-hybridized carbons (Fsp3) is 0.357. The Morgan fingerprint density at radius 3 is 2.79 bits per heavy atom. The van der Waals surface area contributed by atoms with Crippen molar-refractivity contribution in [3.8, 4) is 11.8 Å². The standard InChI is InChI=1S/C14H14N4O5S/c15-12(22)13-16-9(4-3-7-2-1-5-24-7)17-18(13)14-11(21)10(20)8(6-19)23-14/h1-2,5,8,10-11,14,19-21H,6H2,(H2,15,22)/t8-,10-,11-,14-/m1/s1. The number of carbonyl (C=O) groups is 1. The van der Waals surface area contributed by atoms with Crippen LogP contribution in [0.3, 0.4) is 0 Å². The summed E-state index contributed by atoms with van der Waals surface area (Å²) >= 11 is 1.44. The fourth-order valence-corrected chi connectivity index (χ4v) is 2.84. The Hall–Kier alpha value is -2.29. The number of hydrogen-bond donors (Lipinski definition) is 4. The third-order valence-electron chi connectivity index (χ3n) is 3.43. The zero-order chi connectivity index (χ0) is 17.3. The molecule has 0 radical (unpaired) electrons. The highest BCUT2D eigenvalue weighted by Crippen LogP contribution is 2.29. The molecule has 0 aliphatic carbocycles. The van der Waals surface area contributed by atoms with Crippen LogP contribution in [0.4, 0.5) is 0 Å². The molecule has 1 fully saturated rings. The van der Waals surface area contributed by atoms with Crippen LogP contribution in [0.5, 0.6) is 0 Å². The molecule has 5 N–H and O–H groups in total. The number of primary amides is 1.